The molecule has 6 nitrogen and oxygen atoms in total. The number of carbonyl (C=O) groups is 1. The van der Waals surface area contributed by atoms with Gasteiger partial charge in [0.1, 0.15) is 23.0 Å². The molecule has 0 aliphatic carbocycles. The molecule has 0 spiro atoms. The van der Waals surface area contributed by atoms with Crippen LogP contribution in [0.2, 0.25) is 0 Å². The van der Waals surface area contributed by atoms with Gasteiger partial charge in [0.25, 0.3) is 0 Å². The zero-order valence-electron chi connectivity index (χ0n) is 18.4. The van der Waals surface area contributed by atoms with Crippen LogP contribution in [0.25, 0.3) is 0 Å². The number of fused-ring (bicyclic) bond motifs is 2. The second kappa shape index (κ2) is 7.67. The van der Waals surface area contributed by atoms with Crippen LogP contribution in [0.4, 0.5) is 5.69 Å². The Balaban J connectivity index is 1.68. The molecule has 2 aliphatic heterocycles. The van der Waals surface area contributed by atoms with Crippen LogP contribution in [-0.4, -0.2) is 54.8 Å². The molecule has 158 valence electrons. The lowest BCUT2D eigenvalue weighted by molar-refractivity contribution is -0.140. The maximum absolute atomic E-state index is 12.7. The molecule has 2 aliphatic rings. The predicted octanol–water partition coefficient (Wildman–Crippen LogP) is 4.38. The van der Waals surface area contributed by atoms with E-state index in [9.17, 15) is 4.79 Å². The summed E-state index contributed by atoms with van der Waals surface area (Å²) in [5.74, 6) is 3.27. The summed E-state index contributed by atoms with van der Waals surface area (Å²) in [6.45, 7) is 10.8. The van der Waals surface area contributed by atoms with Crippen LogP contribution >= 0.6 is 0 Å². The summed E-state index contributed by atoms with van der Waals surface area (Å²) in [7, 11) is 1.65. The summed E-state index contributed by atoms with van der Waals surface area (Å²) in [5.41, 5.74) is 2.49. The number of piperazine rings is 1. The van der Waals surface area contributed by atoms with Crippen LogP contribution in [0.1, 0.15) is 31.9 Å². The molecule has 30 heavy (non-hydrogen) atoms. The molecule has 0 aromatic heterocycles. The minimum absolute atomic E-state index is 0.194. The lowest BCUT2D eigenvalue weighted by Gasteiger charge is -2.39. The smallest absolute Gasteiger partial charge is 0.228 e. The Morgan fingerprint density at radius 2 is 1.77 bits per heavy atom. The highest BCUT2D eigenvalue weighted by Crippen LogP contribution is 2.40. The zero-order chi connectivity index (χ0) is 21.5. The Hall–Kier alpha value is -3.02. The SMILES string of the molecule is COc1ccc2c(c1)Oc1cc(C)ccc1N=C2N1CCN(C(=O)C(C)(C)C)CC1. The molecule has 2 heterocycles. The molecule has 6 heteroatoms. The van der Waals surface area contributed by atoms with Crippen molar-refractivity contribution in [1.29, 1.82) is 0 Å². The Labute approximate surface area is 178 Å². The maximum Gasteiger partial charge on any atom is 0.228 e. The van der Waals surface area contributed by atoms with Crippen molar-refractivity contribution in [2.24, 2.45) is 10.4 Å². The molecular formula is C24H29N3O3. The lowest BCUT2D eigenvalue weighted by atomic mass is 9.94. The first-order valence-corrected chi connectivity index (χ1v) is 10.4. The van der Waals surface area contributed by atoms with Crippen molar-refractivity contribution < 1.29 is 14.3 Å². The third kappa shape index (κ3) is 3.86. The third-order valence-corrected chi connectivity index (χ3v) is 5.50. The van der Waals surface area contributed by atoms with Crippen LogP contribution in [0, 0.1) is 12.3 Å². The highest BCUT2D eigenvalue weighted by molar-refractivity contribution is 6.04. The number of carbonyl (C=O) groups excluding carboxylic acids is 1. The summed E-state index contributed by atoms with van der Waals surface area (Å²) in [6.07, 6.45) is 0. The number of ether oxygens (including phenoxy) is 2. The zero-order valence-corrected chi connectivity index (χ0v) is 18.4. The van der Waals surface area contributed by atoms with E-state index in [-0.39, 0.29) is 11.3 Å². The number of aryl methyl sites for hydroxylation is 1. The van der Waals surface area contributed by atoms with Gasteiger partial charge in [-0.1, -0.05) is 26.8 Å². The van der Waals surface area contributed by atoms with E-state index in [0.717, 1.165) is 53.0 Å². The van der Waals surface area contributed by atoms with Crippen molar-refractivity contribution in [3.63, 3.8) is 0 Å². The fourth-order valence-electron chi connectivity index (χ4n) is 3.82. The van der Waals surface area contributed by atoms with E-state index in [1.165, 1.54) is 0 Å². The van der Waals surface area contributed by atoms with Gasteiger partial charge < -0.3 is 19.3 Å². The van der Waals surface area contributed by atoms with Gasteiger partial charge in [-0.05, 0) is 36.8 Å². The fourth-order valence-corrected chi connectivity index (χ4v) is 3.82. The number of benzene rings is 2. The van der Waals surface area contributed by atoms with Crippen molar-refractivity contribution in [1.82, 2.24) is 9.80 Å². The van der Waals surface area contributed by atoms with Gasteiger partial charge in [0.2, 0.25) is 5.91 Å². The van der Waals surface area contributed by atoms with E-state index in [1.807, 2.05) is 69.0 Å². The molecule has 2 aromatic rings. The minimum atomic E-state index is -0.365. The van der Waals surface area contributed by atoms with Gasteiger partial charge in [-0.15, -0.1) is 0 Å². The van der Waals surface area contributed by atoms with E-state index >= 15 is 0 Å². The number of amides is 1. The monoisotopic (exact) mass is 407 g/mol. The van der Waals surface area contributed by atoms with Gasteiger partial charge in [0.05, 0.1) is 12.7 Å². The van der Waals surface area contributed by atoms with Crippen LogP contribution in [0.3, 0.4) is 0 Å². The Morgan fingerprint density at radius 3 is 2.43 bits per heavy atom. The first-order chi connectivity index (χ1) is 14.3. The average Bonchev–Trinajstić information content (AvgIpc) is 2.88. The van der Waals surface area contributed by atoms with Crippen LogP contribution < -0.4 is 9.47 Å². The molecule has 0 N–H and O–H groups in total. The van der Waals surface area contributed by atoms with Gasteiger partial charge in [0.15, 0.2) is 5.75 Å². The Morgan fingerprint density at radius 1 is 1.03 bits per heavy atom. The number of aliphatic imine (C=N–C) groups is 1. The van der Waals surface area contributed by atoms with Crippen molar-refractivity contribution in [3.8, 4) is 17.2 Å². The van der Waals surface area contributed by atoms with Crippen molar-refractivity contribution >= 4 is 17.4 Å². The first kappa shape index (κ1) is 20.3. The second-order valence-electron chi connectivity index (χ2n) is 8.90. The summed E-state index contributed by atoms with van der Waals surface area (Å²) in [6, 6.07) is 11.9. The summed E-state index contributed by atoms with van der Waals surface area (Å²) >= 11 is 0. The second-order valence-corrected chi connectivity index (χ2v) is 8.90. The van der Waals surface area contributed by atoms with Crippen molar-refractivity contribution in [2.75, 3.05) is 33.3 Å². The van der Waals surface area contributed by atoms with E-state index in [2.05, 4.69) is 4.90 Å². The topological polar surface area (TPSA) is 54.4 Å². The number of nitrogens with zero attached hydrogens (tertiary/aromatic N) is 3. The normalized spacial score (nSPS) is 16.1. The third-order valence-electron chi connectivity index (χ3n) is 5.50. The molecule has 1 amide bonds. The standard InChI is InChI=1S/C24H29N3O3/c1-16-6-9-19-21(14-16)30-20-15-17(29-5)7-8-18(20)22(25-19)26-10-12-27(13-11-26)23(28)24(2,3)4/h6-9,14-15H,10-13H2,1-5H3. The number of amidine groups is 1. The lowest BCUT2D eigenvalue weighted by Crippen LogP contribution is -2.53. The highest BCUT2D eigenvalue weighted by Gasteiger charge is 2.32. The van der Waals surface area contributed by atoms with Crippen LogP contribution in [0.5, 0.6) is 17.2 Å². The van der Waals surface area contributed by atoms with Gasteiger partial charge in [-0.25, -0.2) is 4.99 Å². The first-order valence-electron chi connectivity index (χ1n) is 10.4. The summed E-state index contributed by atoms with van der Waals surface area (Å²) in [4.78, 5) is 21.9. The molecule has 4 rings (SSSR count). The number of rotatable bonds is 1. The van der Waals surface area contributed by atoms with E-state index in [0.29, 0.717) is 13.1 Å². The molecule has 0 saturated carbocycles. The van der Waals surface area contributed by atoms with Crippen LogP contribution in [0.15, 0.2) is 41.4 Å². The Bertz CT molecular complexity index is 999. The molecule has 0 unspecified atom stereocenters. The summed E-state index contributed by atoms with van der Waals surface area (Å²) in [5, 5.41) is 0. The predicted molar refractivity (Wildman–Crippen MR) is 118 cm³/mol. The average molecular weight is 408 g/mol. The van der Waals surface area contributed by atoms with Crippen molar-refractivity contribution in [3.05, 3.63) is 47.5 Å². The van der Waals surface area contributed by atoms with E-state index in [1.54, 1.807) is 7.11 Å². The number of methoxy groups -OCH3 is 1. The summed E-state index contributed by atoms with van der Waals surface area (Å²) < 4.78 is 11.7. The van der Waals surface area contributed by atoms with E-state index in [4.69, 9.17) is 14.5 Å². The largest absolute Gasteiger partial charge is 0.497 e. The quantitative estimate of drug-likeness (QED) is 0.704. The van der Waals surface area contributed by atoms with Crippen LogP contribution in [-0.2, 0) is 4.79 Å². The van der Waals surface area contributed by atoms with E-state index < -0.39 is 0 Å². The minimum Gasteiger partial charge on any atom is -0.497 e. The van der Waals surface area contributed by atoms with Crippen molar-refractivity contribution in [2.45, 2.75) is 27.7 Å². The van der Waals surface area contributed by atoms with Gasteiger partial charge in [0, 0.05) is 37.7 Å². The molecule has 2 aromatic carbocycles. The van der Waals surface area contributed by atoms with Gasteiger partial charge >= 0.3 is 0 Å². The van der Waals surface area contributed by atoms with Gasteiger partial charge in [-0.3, -0.25) is 4.79 Å². The molecule has 0 atom stereocenters. The fraction of sp³-hybridized carbons (Fsp3) is 0.417. The molecular weight excluding hydrogens is 378 g/mol. The molecule has 0 radical (unpaired) electrons. The molecule has 1 saturated heterocycles. The Kier molecular flexibility index (Phi) is 5.18. The van der Waals surface area contributed by atoms with Gasteiger partial charge in [-0.2, -0.15) is 0 Å². The molecule has 1 fully saturated rings. The number of hydrogen-bond acceptors (Lipinski definition) is 5. The highest BCUT2D eigenvalue weighted by atomic mass is 16.5. The molecule has 0 bridgehead atoms. The number of hydrogen-bond donors (Lipinski definition) is 0. The maximum atomic E-state index is 12.7.